The van der Waals surface area contributed by atoms with Gasteiger partial charge in [-0.25, -0.2) is 0 Å². The van der Waals surface area contributed by atoms with Crippen LogP contribution in [0.4, 0.5) is 0 Å². The molecule has 0 bridgehead atoms. The van der Waals surface area contributed by atoms with E-state index < -0.39 is 0 Å². The van der Waals surface area contributed by atoms with Crippen LogP contribution in [0.3, 0.4) is 0 Å². The van der Waals surface area contributed by atoms with E-state index in [2.05, 4.69) is 0 Å². The van der Waals surface area contributed by atoms with E-state index in [0.29, 0.717) is 18.1 Å². The number of esters is 1. The topological polar surface area (TPSA) is 79.4 Å². The number of nitrogens with two attached hydrogens (primary N) is 1. The van der Waals surface area contributed by atoms with Gasteiger partial charge in [0, 0.05) is 19.5 Å². The lowest BCUT2D eigenvalue weighted by Crippen LogP contribution is -2.43. The fourth-order valence-electron chi connectivity index (χ4n) is 2.73. The number of nitrogens with zero attached hydrogens (tertiary/aromatic N) is 1. The normalized spacial score (nSPS) is 18.3. The number of hydrogen-bond donors (Lipinski definition) is 2. The van der Waals surface area contributed by atoms with Gasteiger partial charge in [-0.1, -0.05) is 18.2 Å². The molecule has 114 valence electrons. The van der Waals surface area contributed by atoms with Crippen LogP contribution in [-0.2, 0) is 4.79 Å². The number of carbonyl (C=O) groups excluding carboxylic acids is 1. The molecule has 5 heteroatoms. The van der Waals surface area contributed by atoms with Crippen molar-refractivity contribution < 1.29 is 9.53 Å². The van der Waals surface area contributed by atoms with E-state index in [-0.39, 0.29) is 11.9 Å². The molecule has 1 atom stereocenters. The SMILES string of the molecule is N=C(N)N1CCCC(CCCC(=O)Oc2ccccc2)C1. The Kier molecular flexibility index (Phi) is 5.60. The largest absolute Gasteiger partial charge is 0.427 e. The van der Waals surface area contributed by atoms with E-state index in [0.717, 1.165) is 38.8 Å². The third kappa shape index (κ3) is 5.10. The van der Waals surface area contributed by atoms with Crippen LogP contribution in [0.2, 0.25) is 0 Å². The number of para-hydroxylation sites is 1. The van der Waals surface area contributed by atoms with Gasteiger partial charge >= 0.3 is 5.97 Å². The van der Waals surface area contributed by atoms with Crippen LogP contribution in [0.15, 0.2) is 30.3 Å². The van der Waals surface area contributed by atoms with E-state index in [1.54, 1.807) is 12.1 Å². The summed E-state index contributed by atoms with van der Waals surface area (Å²) in [5.41, 5.74) is 5.53. The number of nitrogens with one attached hydrogen (secondary N) is 1. The molecule has 21 heavy (non-hydrogen) atoms. The zero-order chi connectivity index (χ0) is 15.1. The van der Waals surface area contributed by atoms with E-state index in [1.807, 2.05) is 23.1 Å². The van der Waals surface area contributed by atoms with Crippen molar-refractivity contribution in [2.45, 2.75) is 32.1 Å². The predicted molar refractivity (Wildman–Crippen MR) is 82.1 cm³/mol. The molecule has 3 N–H and O–H groups in total. The van der Waals surface area contributed by atoms with E-state index >= 15 is 0 Å². The van der Waals surface area contributed by atoms with Crippen LogP contribution in [0.25, 0.3) is 0 Å². The molecule has 1 aliphatic rings. The van der Waals surface area contributed by atoms with Crippen molar-refractivity contribution in [2.75, 3.05) is 13.1 Å². The second-order valence-corrected chi connectivity index (χ2v) is 5.52. The maximum Gasteiger partial charge on any atom is 0.311 e. The summed E-state index contributed by atoms with van der Waals surface area (Å²) < 4.78 is 5.26. The summed E-state index contributed by atoms with van der Waals surface area (Å²) in [4.78, 5) is 13.7. The summed E-state index contributed by atoms with van der Waals surface area (Å²) in [6.45, 7) is 1.71. The third-order valence-electron chi connectivity index (χ3n) is 3.83. The summed E-state index contributed by atoms with van der Waals surface area (Å²) >= 11 is 0. The van der Waals surface area contributed by atoms with Crippen molar-refractivity contribution in [1.29, 1.82) is 5.41 Å². The Morgan fingerprint density at radius 1 is 1.38 bits per heavy atom. The molecule has 1 aliphatic heterocycles. The van der Waals surface area contributed by atoms with Crippen LogP contribution in [0.1, 0.15) is 32.1 Å². The first-order valence-electron chi connectivity index (χ1n) is 7.50. The van der Waals surface area contributed by atoms with Crippen molar-refractivity contribution in [2.24, 2.45) is 11.7 Å². The van der Waals surface area contributed by atoms with E-state index in [9.17, 15) is 4.79 Å². The van der Waals surface area contributed by atoms with Crippen molar-refractivity contribution in [3.05, 3.63) is 30.3 Å². The molecule has 1 heterocycles. The quantitative estimate of drug-likeness (QED) is 0.377. The van der Waals surface area contributed by atoms with Gasteiger partial charge in [-0.15, -0.1) is 0 Å². The molecule has 0 aromatic heterocycles. The Hall–Kier alpha value is -2.04. The van der Waals surface area contributed by atoms with Gasteiger partial charge in [0.1, 0.15) is 5.75 Å². The lowest BCUT2D eigenvalue weighted by molar-refractivity contribution is -0.134. The lowest BCUT2D eigenvalue weighted by atomic mass is 9.93. The van der Waals surface area contributed by atoms with Gasteiger partial charge in [0.2, 0.25) is 0 Å². The monoisotopic (exact) mass is 289 g/mol. The van der Waals surface area contributed by atoms with E-state index in [4.69, 9.17) is 15.9 Å². The molecule has 0 saturated carbocycles. The van der Waals surface area contributed by atoms with Gasteiger partial charge in [-0.05, 0) is 43.7 Å². The minimum absolute atomic E-state index is 0.156. The van der Waals surface area contributed by atoms with Crippen LogP contribution < -0.4 is 10.5 Å². The Morgan fingerprint density at radius 3 is 2.86 bits per heavy atom. The standard InChI is InChI=1S/C16H23N3O2/c17-16(18)19-11-5-7-13(12-19)6-4-10-15(20)21-14-8-2-1-3-9-14/h1-3,8-9,13H,4-7,10-12H2,(H3,17,18). The minimum Gasteiger partial charge on any atom is -0.427 e. The number of likely N-dealkylation sites (tertiary alicyclic amines) is 1. The summed E-state index contributed by atoms with van der Waals surface area (Å²) in [6.07, 6.45) is 4.46. The van der Waals surface area contributed by atoms with E-state index in [1.165, 1.54) is 0 Å². The van der Waals surface area contributed by atoms with Crippen LogP contribution in [-0.4, -0.2) is 29.9 Å². The first kappa shape index (κ1) is 15.4. The first-order valence-corrected chi connectivity index (χ1v) is 7.50. The van der Waals surface area contributed by atoms with Crippen molar-refractivity contribution in [3.8, 4) is 5.75 Å². The molecule has 0 aliphatic carbocycles. The van der Waals surface area contributed by atoms with Crippen LogP contribution >= 0.6 is 0 Å². The summed E-state index contributed by atoms with van der Waals surface area (Å²) in [5.74, 6) is 1.10. The van der Waals surface area contributed by atoms with Gasteiger partial charge in [0.25, 0.3) is 0 Å². The summed E-state index contributed by atoms with van der Waals surface area (Å²) in [6, 6.07) is 9.15. The molecule has 0 amide bonds. The second-order valence-electron chi connectivity index (χ2n) is 5.52. The highest BCUT2D eigenvalue weighted by atomic mass is 16.5. The Balaban J connectivity index is 1.67. The number of rotatable bonds is 5. The Morgan fingerprint density at radius 2 is 2.14 bits per heavy atom. The van der Waals surface area contributed by atoms with Crippen LogP contribution in [0, 0.1) is 11.3 Å². The number of hydrogen-bond acceptors (Lipinski definition) is 3. The third-order valence-corrected chi connectivity index (χ3v) is 3.83. The minimum atomic E-state index is -0.180. The Bertz CT molecular complexity index is 476. The lowest BCUT2D eigenvalue weighted by Gasteiger charge is -2.32. The van der Waals surface area contributed by atoms with Crippen LogP contribution in [0.5, 0.6) is 5.75 Å². The van der Waals surface area contributed by atoms with Crippen molar-refractivity contribution in [3.63, 3.8) is 0 Å². The number of benzene rings is 1. The zero-order valence-corrected chi connectivity index (χ0v) is 12.3. The van der Waals surface area contributed by atoms with Crippen molar-refractivity contribution >= 4 is 11.9 Å². The van der Waals surface area contributed by atoms with Gasteiger partial charge in [0.05, 0.1) is 0 Å². The number of piperidine rings is 1. The molecule has 0 spiro atoms. The van der Waals surface area contributed by atoms with Gasteiger partial charge in [-0.2, -0.15) is 0 Å². The molecule has 1 aromatic carbocycles. The molecule has 1 fully saturated rings. The van der Waals surface area contributed by atoms with Gasteiger partial charge in [0.15, 0.2) is 5.96 Å². The summed E-state index contributed by atoms with van der Waals surface area (Å²) in [7, 11) is 0. The smallest absolute Gasteiger partial charge is 0.311 e. The highest BCUT2D eigenvalue weighted by Gasteiger charge is 2.20. The maximum atomic E-state index is 11.7. The number of carbonyl (C=O) groups is 1. The van der Waals surface area contributed by atoms with Gasteiger partial charge < -0.3 is 15.4 Å². The highest BCUT2D eigenvalue weighted by molar-refractivity contribution is 5.74. The fourth-order valence-corrected chi connectivity index (χ4v) is 2.73. The molecular formula is C16H23N3O2. The van der Waals surface area contributed by atoms with Crippen molar-refractivity contribution in [1.82, 2.24) is 4.90 Å². The Labute approximate surface area is 125 Å². The maximum absolute atomic E-state index is 11.7. The number of guanidine groups is 1. The molecule has 1 saturated heterocycles. The predicted octanol–water partition coefficient (Wildman–Crippen LogP) is 2.37. The van der Waals surface area contributed by atoms with Gasteiger partial charge in [-0.3, -0.25) is 10.2 Å². The molecule has 1 aromatic rings. The first-order chi connectivity index (χ1) is 10.1. The molecular weight excluding hydrogens is 266 g/mol. The number of ether oxygens (including phenoxy) is 1. The summed E-state index contributed by atoms with van der Waals surface area (Å²) in [5, 5.41) is 7.48. The average Bonchev–Trinajstić information content (AvgIpc) is 2.48. The second kappa shape index (κ2) is 7.67. The average molecular weight is 289 g/mol. The molecule has 1 unspecified atom stereocenters. The fraction of sp³-hybridized carbons (Fsp3) is 0.500. The highest BCUT2D eigenvalue weighted by Crippen LogP contribution is 2.21. The zero-order valence-electron chi connectivity index (χ0n) is 12.3. The molecule has 5 nitrogen and oxygen atoms in total. The molecule has 0 radical (unpaired) electrons. The molecule has 2 rings (SSSR count).